The van der Waals surface area contributed by atoms with Gasteiger partial charge < -0.3 is 72.1 Å². The highest BCUT2D eigenvalue weighted by molar-refractivity contribution is 7.99. The number of fused-ring (bicyclic) bond motifs is 11. The lowest BCUT2D eigenvalue weighted by Crippen LogP contribution is -2.61. The third kappa shape index (κ3) is 19.8. The standard InChI is InChI=1S/C57H84N8O15S/c1-10-33(4)45-52(72)64-48-39-20-22-40(23-21-39)80-37(8)57(77,31-81-27-17-12-11-16-26-58)25-24-43(67)59-29-44(68)78-30-41(56(76)79-36(7)47(54(74)61-45)63-50(70)34(5)49(69)32(2)3)60-53(73)46(35(6)66)62-51(71)42(65(9)55(48)75)28-38-18-14-13-15-19-38/h13-15,18-25,32-37,41-42,45-49,66,69,77H,10-12,16-17,26-31,58H2,1-9H3,(H,59,67)(H,60,73)(H,61,74)(H,62,71)(H,63,70)(H,64,72)/b25-24+/t33-,34+,35+,36+,37+,41-,42-,45+,46+,47-,48?,49+,57-/m0/s1. The van der Waals surface area contributed by atoms with E-state index in [1.54, 1.807) is 65.0 Å². The monoisotopic (exact) mass is 1150 g/mol. The van der Waals surface area contributed by atoms with E-state index in [-0.39, 0.29) is 29.9 Å². The SMILES string of the molecule is CC[C@H](C)[C@H]1NC(=O)[C@@H](NC(=O)[C@H](C)[C@H](O)C(C)C)[C@@H](C)OC(=O)[C@@H]2COC(=O)CNC(=O)/C=C/[C@](O)(CSCCCCCCN)[C@@H](C)Oc3ccc(cc3)C(NC1=O)C(=O)N(C)[C@@H](Cc1ccccc1)C(=O)N[C@H]([C@@H](C)O)C(=O)N2. The molecule has 2 aromatic carbocycles. The largest absolute Gasteiger partial charge is 0.487 e. The molecule has 23 nitrogen and oxygen atoms in total. The Hall–Kier alpha value is -6.60. The Labute approximate surface area is 478 Å². The summed E-state index contributed by atoms with van der Waals surface area (Å²) < 4.78 is 17.5. The quantitative estimate of drug-likeness (QED) is 0.0776. The topological polar surface area (TPSA) is 343 Å². The predicted molar refractivity (Wildman–Crippen MR) is 301 cm³/mol. The fourth-order valence-electron chi connectivity index (χ4n) is 8.85. The lowest BCUT2D eigenvalue weighted by atomic mass is 9.93. The van der Waals surface area contributed by atoms with Crippen LogP contribution in [0.1, 0.15) is 105 Å². The molecule has 1 fully saturated rings. The number of benzene rings is 2. The number of nitrogens with zero attached hydrogens (tertiary/aromatic N) is 1. The first kappa shape index (κ1) is 66.9. The summed E-state index contributed by atoms with van der Waals surface area (Å²) in [5, 5.41) is 49.4. The Bertz CT molecular complexity index is 2490. The second kappa shape index (κ2) is 32.1. The van der Waals surface area contributed by atoms with Gasteiger partial charge in [0.2, 0.25) is 41.4 Å². The van der Waals surface area contributed by atoms with Gasteiger partial charge >= 0.3 is 11.9 Å². The van der Waals surface area contributed by atoms with Gasteiger partial charge in [-0.25, -0.2) is 4.79 Å². The minimum absolute atomic E-state index is 0.0702. The lowest BCUT2D eigenvalue weighted by molar-refractivity contribution is -0.160. The summed E-state index contributed by atoms with van der Waals surface area (Å²) in [7, 11) is 1.31. The van der Waals surface area contributed by atoms with Gasteiger partial charge in [-0.2, -0.15) is 11.8 Å². The summed E-state index contributed by atoms with van der Waals surface area (Å²) in [5.41, 5.74) is 4.58. The van der Waals surface area contributed by atoms with Crippen LogP contribution < -0.4 is 42.4 Å². The van der Waals surface area contributed by atoms with Gasteiger partial charge in [-0.3, -0.25) is 38.4 Å². The van der Waals surface area contributed by atoms with Crippen molar-refractivity contribution in [2.45, 2.75) is 160 Å². The first-order valence-electron chi connectivity index (χ1n) is 27.6. The summed E-state index contributed by atoms with van der Waals surface area (Å²) in [6, 6.07) is 4.31. The average molecular weight is 1150 g/mol. The molecule has 3 aliphatic rings. The predicted octanol–water partition coefficient (Wildman–Crippen LogP) is 0.858. The molecular formula is C57H84N8O15S. The number of cyclic esters (lactones) is 1. The minimum Gasteiger partial charge on any atom is -0.487 e. The maximum atomic E-state index is 15.3. The Kier molecular flexibility index (Phi) is 26.6. The van der Waals surface area contributed by atoms with E-state index in [0.717, 1.165) is 36.7 Å². The van der Waals surface area contributed by atoms with Gasteiger partial charge in [-0.05, 0) is 87.1 Å². The molecule has 0 radical (unpaired) electrons. The van der Waals surface area contributed by atoms with Gasteiger partial charge in [0, 0.05) is 25.3 Å². The Balaban J connectivity index is 1.99. The molecule has 3 aliphatic heterocycles. The number of carbonyl (C=O) groups excluding carboxylic acids is 9. The fourth-order valence-corrected chi connectivity index (χ4v) is 10.1. The normalized spacial score (nSPS) is 27.1. The van der Waals surface area contributed by atoms with Crippen LogP contribution in [-0.4, -0.2) is 172 Å². The van der Waals surface area contributed by atoms with Gasteiger partial charge in [-0.1, -0.05) is 96.3 Å². The molecule has 0 aromatic heterocycles. The summed E-state index contributed by atoms with van der Waals surface area (Å²) >= 11 is 1.43. The Morgan fingerprint density at radius 3 is 2.10 bits per heavy atom. The second-order valence-electron chi connectivity index (χ2n) is 21.2. The number of likely N-dealkylation sites (N-methyl/N-ethyl adjacent to an activating group) is 1. The van der Waals surface area contributed by atoms with Crippen molar-refractivity contribution < 1.29 is 72.7 Å². The Morgan fingerprint density at radius 1 is 0.827 bits per heavy atom. The van der Waals surface area contributed by atoms with Crippen LogP contribution in [0.5, 0.6) is 5.75 Å². The first-order chi connectivity index (χ1) is 38.3. The molecule has 24 heteroatoms. The summed E-state index contributed by atoms with van der Waals surface area (Å²) in [5.74, 6) is -10.4. The maximum Gasteiger partial charge on any atom is 0.332 e. The highest BCUT2D eigenvalue weighted by Gasteiger charge is 2.42. The third-order valence-electron chi connectivity index (χ3n) is 14.5. The van der Waals surface area contributed by atoms with E-state index in [9.17, 15) is 53.7 Å². The number of carbonyl (C=O) groups is 9. The Morgan fingerprint density at radius 2 is 1.47 bits per heavy atom. The summed E-state index contributed by atoms with van der Waals surface area (Å²) in [6.45, 7) is 11.0. The molecule has 11 N–H and O–H groups in total. The first-order valence-corrected chi connectivity index (χ1v) is 28.8. The van der Waals surface area contributed by atoms with Crippen LogP contribution in [0, 0.1) is 17.8 Å². The molecule has 1 saturated heterocycles. The van der Waals surface area contributed by atoms with Crippen molar-refractivity contribution in [1.29, 1.82) is 0 Å². The fraction of sp³-hybridized carbons (Fsp3) is 0.596. The van der Waals surface area contributed by atoms with Gasteiger partial charge in [0.1, 0.15) is 66.9 Å². The van der Waals surface area contributed by atoms with E-state index >= 15 is 4.79 Å². The molecule has 1 unspecified atom stereocenters. The van der Waals surface area contributed by atoms with Crippen LogP contribution in [0.25, 0.3) is 0 Å². The van der Waals surface area contributed by atoms with E-state index in [1.165, 1.54) is 69.9 Å². The van der Waals surface area contributed by atoms with Crippen LogP contribution in [0.3, 0.4) is 0 Å². The molecule has 0 spiro atoms. The zero-order valence-electron chi connectivity index (χ0n) is 47.8. The molecule has 13 atom stereocenters. The number of unbranched alkanes of at least 4 members (excludes halogenated alkanes) is 3. The van der Waals surface area contributed by atoms with Crippen molar-refractivity contribution in [2.75, 3.05) is 38.2 Å². The van der Waals surface area contributed by atoms with Crippen LogP contribution in [0.4, 0.5) is 0 Å². The third-order valence-corrected chi connectivity index (χ3v) is 15.7. The highest BCUT2D eigenvalue weighted by Crippen LogP contribution is 2.28. The molecular weight excluding hydrogens is 1070 g/mol. The number of nitrogens with one attached hydrogen (secondary N) is 6. The zero-order chi connectivity index (χ0) is 60.1. The smallest absolute Gasteiger partial charge is 0.332 e. The number of ether oxygens (including phenoxy) is 3. The molecule has 5 rings (SSSR count). The van der Waals surface area contributed by atoms with Crippen LogP contribution in [-0.2, 0) is 59.0 Å². The number of aliphatic hydroxyl groups is 3. The number of thioether (sulfide) groups is 1. The van der Waals surface area contributed by atoms with Crippen molar-refractivity contribution in [1.82, 2.24) is 36.8 Å². The molecule has 448 valence electrons. The second-order valence-corrected chi connectivity index (χ2v) is 22.3. The number of rotatable bonds is 17. The minimum atomic E-state index is -1.97. The molecule has 7 amide bonds. The molecule has 0 aliphatic carbocycles. The number of esters is 2. The number of hydrogen-bond acceptors (Lipinski definition) is 17. The van der Waals surface area contributed by atoms with Crippen LogP contribution in [0.2, 0.25) is 0 Å². The van der Waals surface area contributed by atoms with Crippen molar-refractivity contribution in [3.05, 3.63) is 77.9 Å². The highest BCUT2D eigenvalue weighted by atomic mass is 32.2. The van der Waals surface area contributed by atoms with Gasteiger partial charge in [0.05, 0.1) is 18.1 Å². The van der Waals surface area contributed by atoms with E-state index in [1.807, 2.05) is 0 Å². The van der Waals surface area contributed by atoms with Crippen molar-refractivity contribution in [3.8, 4) is 5.75 Å². The van der Waals surface area contributed by atoms with Gasteiger partial charge in [0.15, 0.2) is 6.04 Å². The average Bonchev–Trinajstić information content (AvgIpc) is 3.44. The van der Waals surface area contributed by atoms with Crippen LogP contribution >= 0.6 is 11.8 Å². The number of amides is 7. The molecule has 0 saturated carbocycles. The van der Waals surface area contributed by atoms with E-state index < -0.39 is 150 Å². The van der Waals surface area contributed by atoms with Crippen molar-refractivity contribution >= 4 is 65.1 Å². The zero-order valence-corrected chi connectivity index (χ0v) is 48.6. The van der Waals surface area contributed by atoms with E-state index in [2.05, 4.69) is 31.9 Å². The van der Waals surface area contributed by atoms with Gasteiger partial charge in [0.25, 0.3) is 0 Å². The maximum absolute atomic E-state index is 15.3. The van der Waals surface area contributed by atoms with Crippen molar-refractivity contribution in [3.63, 3.8) is 0 Å². The summed E-state index contributed by atoms with van der Waals surface area (Å²) in [4.78, 5) is 130. The molecule has 2 aromatic rings. The number of aliphatic hydroxyl groups excluding tert-OH is 2. The van der Waals surface area contributed by atoms with Gasteiger partial charge in [-0.15, -0.1) is 0 Å². The molecule has 81 heavy (non-hydrogen) atoms. The van der Waals surface area contributed by atoms with E-state index in [4.69, 9.17) is 19.9 Å². The molecule has 4 bridgehead atoms. The van der Waals surface area contributed by atoms with Crippen molar-refractivity contribution in [2.24, 2.45) is 23.5 Å². The summed E-state index contributed by atoms with van der Waals surface area (Å²) in [6.07, 6.45) is 0.401. The number of hydrogen-bond donors (Lipinski definition) is 10. The molecule has 3 heterocycles. The van der Waals surface area contributed by atoms with E-state index in [0.29, 0.717) is 17.9 Å². The lowest BCUT2D eigenvalue weighted by Gasteiger charge is -2.34. The van der Waals surface area contributed by atoms with Crippen LogP contribution in [0.15, 0.2) is 66.7 Å². The number of nitrogens with two attached hydrogens (primary N) is 1.